The molecule has 1 N–H and O–H groups in total. The first-order chi connectivity index (χ1) is 9.13. The maximum atomic E-state index is 12.3. The zero-order valence-corrected chi connectivity index (χ0v) is 11.1. The van der Waals surface area contributed by atoms with Gasteiger partial charge in [0.1, 0.15) is 5.92 Å². The van der Waals surface area contributed by atoms with Gasteiger partial charge in [-0.2, -0.15) is 0 Å². The minimum Gasteiger partial charge on any atom is -0.355 e. The summed E-state index contributed by atoms with van der Waals surface area (Å²) in [7, 11) is 0. The van der Waals surface area contributed by atoms with Gasteiger partial charge < -0.3 is 5.32 Å². The van der Waals surface area contributed by atoms with E-state index < -0.39 is 5.92 Å². The molecule has 2 rings (SSSR count). The third kappa shape index (κ3) is 2.92. The van der Waals surface area contributed by atoms with Crippen molar-refractivity contribution in [1.29, 1.82) is 0 Å². The lowest BCUT2D eigenvalue weighted by atomic mass is 9.82. The molecule has 1 unspecified atom stereocenters. The molecule has 1 heterocycles. The summed E-state index contributed by atoms with van der Waals surface area (Å²) in [6, 6.07) is 9.97. The predicted octanol–water partition coefficient (Wildman–Crippen LogP) is 1.98. The molecule has 0 aromatic heterocycles. The summed E-state index contributed by atoms with van der Waals surface area (Å²) in [4.78, 5) is 24.1. The minimum atomic E-state index is -0.534. The number of amides is 1. The highest BCUT2D eigenvalue weighted by Gasteiger charge is 2.40. The molecule has 3 nitrogen and oxygen atoms in total. The fraction of sp³-hybridized carbons (Fsp3) is 0.375. The van der Waals surface area contributed by atoms with Crippen LogP contribution in [0.5, 0.6) is 0 Å². The van der Waals surface area contributed by atoms with E-state index in [2.05, 4.69) is 11.9 Å². The highest BCUT2D eigenvalue weighted by Crippen LogP contribution is 2.26. The van der Waals surface area contributed by atoms with Crippen LogP contribution >= 0.6 is 0 Å². The molecule has 1 fully saturated rings. The number of Topliss-reactive ketones (excluding diaryl/α,β-unsaturated/α-hetero) is 1. The summed E-state index contributed by atoms with van der Waals surface area (Å²) in [5, 5.41) is 2.81. The molecular formula is C16H19NO2. The zero-order valence-electron chi connectivity index (χ0n) is 11.1. The number of ketones is 1. The minimum absolute atomic E-state index is 0.0223. The molecular weight excluding hydrogens is 238 g/mol. The number of carbonyl (C=O) groups is 2. The van der Waals surface area contributed by atoms with Crippen LogP contribution in [0.15, 0.2) is 43.0 Å². The summed E-state index contributed by atoms with van der Waals surface area (Å²) >= 11 is 0. The molecule has 1 amide bonds. The zero-order chi connectivity index (χ0) is 13.8. The van der Waals surface area contributed by atoms with Crippen molar-refractivity contribution >= 4 is 11.7 Å². The number of benzene rings is 1. The van der Waals surface area contributed by atoms with E-state index in [0.29, 0.717) is 6.54 Å². The van der Waals surface area contributed by atoms with Crippen molar-refractivity contribution in [1.82, 2.24) is 5.32 Å². The van der Waals surface area contributed by atoms with Gasteiger partial charge in [-0.05, 0) is 17.9 Å². The van der Waals surface area contributed by atoms with E-state index in [9.17, 15) is 9.59 Å². The number of carbonyl (C=O) groups excluding carboxylic acids is 2. The standard InChI is InChI=1S/C16H19NO2/c1-3-11(2)15(18)14-13(10-17-16(14)19)9-12-7-5-4-6-8-12/h3-8,11,13-14H,1,9-10H2,2H3,(H,17,19)/t11-,13?,14-/m1/s1. The fourth-order valence-corrected chi connectivity index (χ4v) is 2.54. The Kier molecular flexibility index (Phi) is 4.15. The van der Waals surface area contributed by atoms with Gasteiger partial charge in [0.15, 0.2) is 5.78 Å². The Balaban J connectivity index is 2.13. The van der Waals surface area contributed by atoms with E-state index in [1.54, 1.807) is 13.0 Å². The largest absolute Gasteiger partial charge is 0.355 e. The Morgan fingerprint density at radius 2 is 2.16 bits per heavy atom. The molecule has 0 spiro atoms. The van der Waals surface area contributed by atoms with E-state index in [4.69, 9.17) is 0 Å². The van der Waals surface area contributed by atoms with Crippen LogP contribution in [0.3, 0.4) is 0 Å². The van der Waals surface area contributed by atoms with Crippen molar-refractivity contribution in [2.45, 2.75) is 13.3 Å². The average molecular weight is 257 g/mol. The smallest absolute Gasteiger partial charge is 0.230 e. The molecule has 1 aromatic rings. The van der Waals surface area contributed by atoms with Gasteiger partial charge in [-0.15, -0.1) is 6.58 Å². The predicted molar refractivity (Wildman–Crippen MR) is 74.5 cm³/mol. The van der Waals surface area contributed by atoms with E-state index in [-0.39, 0.29) is 23.5 Å². The number of hydrogen-bond donors (Lipinski definition) is 1. The first-order valence-electron chi connectivity index (χ1n) is 6.61. The second-order valence-electron chi connectivity index (χ2n) is 5.10. The van der Waals surface area contributed by atoms with Crippen molar-refractivity contribution in [3.63, 3.8) is 0 Å². The molecule has 3 atom stereocenters. The number of rotatable bonds is 5. The van der Waals surface area contributed by atoms with E-state index in [1.807, 2.05) is 30.3 Å². The van der Waals surface area contributed by atoms with Crippen molar-refractivity contribution in [3.8, 4) is 0 Å². The third-order valence-electron chi connectivity index (χ3n) is 3.74. The number of hydrogen-bond acceptors (Lipinski definition) is 2. The molecule has 1 saturated heterocycles. The molecule has 0 aliphatic carbocycles. The van der Waals surface area contributed by atoms with Gasteiger partial charge in [0.05, 0.1) is 0 Å². The topological polar surface area (TPSA) is 46.2 Å². The van der Waals surface area contributed by atoms with Gasteiger partial charge in [0, 0.05) is 12.5 Å². The molecule has 3 heteroatoms. The van der Waals surface area contributed by atoms with Gasteiger partial charge in [0.2, 0.25) is 5.91 Å². The van der Waals surface area contributed by atoms with Crippen molar-refractivity contribution in [3.05, 3.63) is 48.6 Å². The van der Waals surface area contributed by atoms with Crippen molar-refractivity contribution in [2.24, 2.45) is 17.8 Å². The summed E-state index contributed by atoms with van der Waals surface area (Å²) in [5.41, 5.74) is 1.16. The molecule has 1 aromatic carbocycles. The van der Waals surface area contributed by atoms with Gasteiger partial charge in [-0.3, -0.25) is 9.59 Å². The van der Waals surface area contributed by atoms with E-state index in [1.165, 1.54) is 0 Å². The summed E-state index contributed by atoms with van der Waals surface area (Å²) in [5.74, 6) is -0.921. The Morgan fingerprint density at radius 3 is 2.79 bits per heavy atom. The van der Waals surface area contributed by atoms with Gasteiger partial charge in [0.25, 0.3) is 0 Å². The lowest BCUT2D eigenvalue weighted by Gasteiger charge is -2.17. The fourth-order valence-electron chi connectivity index (χ4n) is 2.54. The molecule has 0 saturated carbocycles. The molecule has 100 valence electrons. The van der Waals surface area contributed by atoms with Gasteiger partial charge in [-0.1, -0.05) is 43.3 Å². The van der Waals surface area contributed by atoms with Crippen LogP contribution in [-0.4, -0.2) is 18.2 Å². The lowest BCUT2D eigenvalue weighted by molar-refractivity contribution is -0.134. The average Bonchev–Trinajstić information content (AvgIpc) is 2.79. The highest BCUT2D eigenvalue weighted by atomic mass is 16.2. The summed E-state index contributed by atoms with van der Waals surface area (Å²) in [6.07, 6.45) is 2.35. The van der Waals surface area contributed by atoms with Gasteiger partial charge >= 0.3 is 0 Å². The molecule has 1 aliphatic heterocycles. The number of allylic oxidation sites excluding steroid dienone is 1. The third-order valence-corrected chi connectivity index (χ3v) is 3.74. The molecule has 19 heavy (non-hydrogen) atoms. The Labute approximate surface area is 113 Å². The SMILES string of the molecule is C=C[C@@H](C)C(=O)[C@@H]1C(=O)NCC1Cc1ccccc1. The maximum Gasteiger partial charge on any atom is 0.230 e. The molecule has 0 bridgehead atoms. The Hall–Kier alpha value is -1.90. The van der Waals surface area contributed by atoms with Crippen LogP contribution in [0.2, 0.25) is 0 Å². The number of nitrogens with one attached hydrogen (secondary N) is 1. The monoisotopic (exact) mass is 257 g/mol. The van der Waals surface area contributed by atoms with Crippen LogP contribution in [0, 0.1) is 17.8 Å². The normalized spacial score (nSPS) is 23.7. The van der Waals surface area contributed by atoms with Crippen molar-refractivity contribution < 1.29 is 9.59 Å². The second-order valence-corrected chi connectivity index (χ2v) is 5.10. The lowest BCUT2D eigenvalue weighted by Crippen LogP contribution is -2.31. The van der Waals surface area contributed by atoms with Crippen LogP contribution < -0.4 is 5.32 Å². The van der Waals surface area contributed by atoms with Crippen LogP contribution in [0.25, 0.3) is 0 Å². The summed E-state index contributed by atoms with van der Waals surface area (Å²) in [6.45, 7) is 6.00. The van der Waals surface area contributed by atoms with E-state index >= 15 is 0 Å². The summed E-state index contributed by atoms with van der Waals surface area (Å²) < 4.78 is 0. The van der Waals surface area contributed by atoms with Crippen LogP contribution in [0.4, 0.5) is 0 Å². The second kappa shape index (κ2) is 5.83. The Morgan fingerprint density at radius 1 is 1.47 bits per heavy atom. The van der Waals surface area contributed by atoms with Crippen LogP contribution in [-0.2, 0) is 16.0 Å². The van der Waals surface area contributed by atoms with E-state index in [0.717, 1.165) is 12.0 Å². The first-order valence-corrected chi connectivity index (χ1v) is 6.61. The highest BCUT2D eigenvalue weighted by molar-refractivity contribution is 6.04. The quantitative estimate of drug-likeness (QED) is 0.647. The Bertz CT molecular complexity index is 481. The first kappa shape index (κ1) is 13.5. The maximum absolute atomic E-state index is 12.3. The molecule has 0 radical (unpaired) electrons. The van der Waals surface area contributed by atoms with Gasteiger partial charge in [-0.25, -0.2) is 0 Å². The van der Waals surface area contributed by atoms with Crippen molar-refractivity contribution in [2.75, 3.05) is 6.54 Å². The molecule has 1 aliphatic rings. The van der Waals surface area contributed by atoms with Crippen LogP contribution in [0.1, 0.15) is 12.5 Å².